The first-order valence-electron chi connectivity index (χ1n) is 3.68. The quantitative estimate of drug-likeness (QED) is 0.592. The third-order valence-corrected chi connectivity index (χ3v) is 1.71. The van der Waals surface area contributed by atoms with Gasteiger partial charge in [0.25, 0.3) is 0 Å². The Morgan fingerprint density at radius 1 is 1.30 bits per heavy atom. The van der Waals surface area contributed by atoms with Crippen molar-refractivity contribution in [2.75, 3.05) is 27.7 Å². The van der Waals surface area contributed by atoms with Crippen LogP contribution >= 0.6 is 0 Å². The SMILES string of the molecule is COC(C)(C)CCN(C)C. The van der Waals surface area contributed by atoms with Crippen LogP contribution in [0.15, 0.2) is 0 Å². The van der Waals surface area contributed by atoms with Gasteiger partial charge in [-0.25, -0.2) is 0 Å². The minimum atomic E-state index is 0.0320. The molecule has 0 saturated carbocycles. The van der Waals surface area contributed by atoms with Crippen LogP contribution in [0.5, 0.6) is 0 Å². The Labute approximate surface area is 64.2 Å². The van der Waals surface area contributed by atoms with Crippen LogP contribution in [-0.2, 0) is 4.74 Å². The van der Waals surface area contributed by atoms with Crippen LogP contribution in [0.2, 0.25) is 0 Å². The predicted molar refractivity (Wildman–Crippen MR) is 44.3 cm³/mol. The highest BCUT2D eigenvalue weighted by Gasteiger charge is 2.15. The van der Waals surface area contributed by atoms with Gasteiger partial charge in [-0.3, -0.25) is 0 Å². The van der Waals surface area contributed by atoms with Crippen molar-refractivity contribution < 1.29 is 4.74 Å². The summed E-state index contributed by atoms with van der Waals surface area (Å²) in [4.78, 5) is 2.17. The first-order chi connectivity index (χ1) is 4.48. The molecule has 0 spiro atoms. The molecule has 0 rings (SSSR count). The van der Waals surface area contributed by atoms with Gasteiger partial charge in [-0.1, -0.05) is 0 Å². The van der Waals surface area contributed by atoms with E-state index >= 15 is 0 Å². The molecule has 0 aromatic carbocycles. The van der Waals surface area contributed by atoms with Crippen LogP contribution in [0, 0.1) is 0 Å². The summed E-state index contributed by atoms with van der Waals surface area (Å²) < 4.78 is 5.26. The predicted octanol–water partition coefficient (Wildman–Crippen LogP) is 1.36. The molecule has 0 aromatic rings. The minimum Gasteiger partial charge on any atom is -0.379 e. The van der Waals surface area contributed by atoms with Crippen molar-refractivity contribution >= 4 is 0 Å². The molecule has 0 aliphatic rings. The van der Waals surface area contributed by atoms with E-state index in [2.05, 4.69) is 32.8 Å². The molecule has 0 saturated heterocycles. The number of hydrogen-bond donors (Lipinski definition) is 0. The maximum atomic E-state index is 5.26. The molecule has 0 radical (unpaired) electrons. The second-order valence-corrected chi connectivity index (χ2v) is 3.52. The average Bonchev–Trinajstić information content (AvgIpc) is 1.85. The summed E-state index contributed by atoms with van der Waals surface area (Å²) in [6.45, 7) is 5.30. The fourth-order valence-electron chi connectivity index (χ4n) is 0.595. The van der Waals surface area contributed by atoms with Gasteiger partial charge < -0.3 is 9.64 Å². The van der Waals surface area contributed by atoms with E-state index in [1.807, 2.05) is 0 Å². The summed E-state index contributed by atoms with van der Waals surface area (Å²) in [7, 11) is 5.91. The first kappa shape index (κ1) is 9.92. The van der Waals surface area contributed by atoms with Gasteiger partial charge in [0.05, 0.1) is 5.60 Å². The molecule has 0 aliphatic carbocycles. The Morgan fingerprint density at radius 2 is 1.80 bits per heavy atom. The molecular weight excluding hydrogens is 126 g/mol. The van der Waals surface area contributed by atoms with Crippen LogP contribution in [0.4, 0.5) is 0 Å². The zero-order valence-electron chi connectivity index (χ0n) is 7.77. The maximum absolute atomic E-state index is 5.26. The van der Waals surface area contributed by atoms with E-state index in [0.29, 0.717) is 0 Å². The third-order valence-electron chi connectivity index (χ3n) is 1.71. The lowest BCUT2D eigenvalue weighted by atomic mass is 10.1. The summed E-state index contributed by atoms with van der Waals surface area (Å²) >= 11 is 0. The van der Waals surface area contributed by atoms with Crippen LogP contribution in [-0.4, -0.2) is 38.3 Å². The first-order valence-corrected chi connectivity index (χ1v) is 3.68. The van der Waals surface area contributed by atoms with Gasteiger partial charge in [-0.05, 0) is 34.4 Å². The second kappa shape index (κ2) is 3.94. The van der Waals surface area contributed by atoms with E-state index < -0.39 is 0 Å². The molecule has 0 N–H and O–H groups in total. The molecule has 2 nitrogen and oxygen atoms in total. The summed E-state index contributed by atoms with van der Waals surface area (Å²) in [6.07, 6.45) is 1.08. The van der Waals surface area contributed by atoms with Crippen molar-refractivity contribution in [2.45, 2.75) is 25.9 Å². The van der Waals surface area contributed by atoms with Crippen molar-refractivity contribution in [1.29, 1.82) is 0 Å². The molecule has 0 aliphatic heterocycles. The van der Waals surface area contributed by atoms with E-state index in [4.69, 9.17) is 4.74 Å². The highest BCUT2D eigenvalue weighted by atomic mass is 16.5. The highest BCUT2D eigenvalue weighted by molar-refractivity contribution is 4.68. The molecule has 0 atom stereocenters. The zero-order chi connectivity index (χ0) is 8.20. The summed E-state index contributed by atoms with van der Waals surface area (Å²) in [5.74, 6) is 0. The van der Waals surface area contributed by atoms with Gasteiger partial charge in [-0.15, -0.1) is 0 Å². The fraction of sp³-hybridized carbons (Fsp3) is 1.00. The highest BCUT2D eigenvalue weighted by Crippen LogP contribution is 2.12. The van der Waals surface area contributed by atoms with E-state index in [9.17, 15) is 0 Å². The summed E-state index contributed by atoms with van der Waals surface area (Å²) in [5, 5.41) is 0. The van der Waals surface area contributed by atoms with Gasteiger partial charge in [0.2, 0.25) is 0 Å². The summed E-state index contributed by atoms with van der Waals surface area (Å²) in [5.41, 5.74) is 0.0320. The fourth-order valence-corrected chi connectivity index (χ4v) is 0.595. The van der Waals surface area contributed by atoms with Crippen LogP contribution < -0.4 is 0 Å². The second-order valence-electron chi connectivity index (χ2n) is 3.52. The van der Waals surface area contributed by atoms with Crippen molar-refractivity contribution in [3.8, 4) is 0 Å². The van der Waals surface area contributed by atoms with Crippen LogP contribution in [0.25, 0.3) is 0 Å². The van der Waals surface area contributed by atoms with Crippen LogP contribution in [0.1, 0.15) is 20.3 Å². The van der Waals surface area contributed by atoms with Crippen molar-refractivity contribution in [3.63, 3.8) is 0 Å². The molecule has 10 heavy (non-hydrogen) atoms. The summed E-state index contributed by atoms with van der Waals surface area (Å²) in [6, 6.07) is 0. The van der Waals surface area contributed by atoms with Crippen molar-refractivity contribution in [3.05, 3.63) is 0 Å². The smallest absolute Gasteiger partial charge is 0.0634 e. The standard InChI is InChI=1S/C8H19NO/c1-8(2,10-5)6-7-9(3)4/h6-7H2,1-5H3. The molecule has 2 heteroatoms. The van der Waals surface area contributed by atoms with Gasteiger partial charge in [0, 0.05) is 13.7 Å². The number of methoxy groups -OCH3 is 1. The number of ether oxygens (including phenoxy) is 1. The van der Waals surface area contributed by atoms with Gasteiger partial charge in [-0.2, -0.15) is 0 Å². The molecule has 0 aromatic heterocycles. The van der Waals surface area contributed by atoms with Crippen molar-refractivity contribution in [1.82, 2.24) is 4.90 Å². The zero-order valence-corrected chi connectivity index (χ0v) is 7.77. The van der Waals surface area contributed by atoms with Gasteiger partial charge in [0.15, 0.2) is 0 Å². The van der Waals surface area contributed by atoms with Gasteiger partial charge >= 0.3 is 0 Å². The Bertz CT molecular complexity index is 89.3. The average molecular weight is 145 g/mol. The molecule has 0 fully saturated rings. The third kappa shape index (κ3) is 4.77. The number of rotatable bonds is 4. The van der Waals surface area contributed by atoms with E-state index in [1.54, 1.807) is 7.11 Å². The Kier molecular flexibility index (Phi) is 3.91. The monoisotopic (exact) mass is 145 g/mol. The molecule has 62 valence electrons. The Balaban J connectivity index is 3.46. The lowest BCUT2D eigenvalue weighted by molar-refractivity contribution is 0.0105. The van der Waals surface area contributed by atoms with Gasteiger partial charge in [0.1, 0.15) is 0 Å². The molecule has 0 amide bonds. The lowest BCUT2D eigenvalue weighted by Crippen LogP contribution is -2.28. The Hall–Kier alpha value is -0.0800. The lowest BCUT2D eigenvalue weighted by Gasteiger charge is -2.24. The topological polar surface area (TPSA) is 12.5 Å². The maximum Gasteiger partial charge on any atom is 0.0634 e. The van der Waals surface area contributed by atoms with E-state index in [0.717, 1.165) is 13.0 Å². The molecule has 0 bridgehead atoms. The minimum absolute atomic E-state index is 0.0320. The molecule has 0 unspecified atom stereocenters. The number of hydrogen-bond acceptors (Lipinski definition) is 2. The Morgan fingerprint density at radius 3 is 2.10 bits per heavy atom. The van der Waals surface area contributed by atoms with E-state index in [1.165, 1.54) is 0 Å². The van der Waals surface area contributed by atoms with Crippen LogP contribution in [0.3, 0.4) is 0 Å². The molecular formula is C8H19NO. The van der Waals surface area contributed by atoms with E-state index in [-0.39, 0.29) is 5.60 Å². The van der Waals surface area contributed by atoms with Crippen molar-refractivity contribution in [2.24, 2.45) is 0 Å². The number of nitrogens with zero attached hydrogens (tertiary/aromatic N) is 1. The largest absolute Gasteiger partial charge is 0.379 e. The normalized spacial score (nSPS) is 12.6. The molecule has 0 heterocycles.